The fourth-order valence-corrected chi connectivity index (χ4v) is 3.94. The van der Waals surface area contributed by atoms with Crippen LogP contribution in [0.1, 0.15) is 5.56 Å². The number of benzene rings is 1. The second-order valence-electron chi connectivity index (χ2n) is 7.78. The molecule has 1 aromatic carbocycles. The Kier molecular flexibility index (Phi) is 6.75. The molecule has 2 aromatic rings. The molecule has 2 aliphatic heterocycles. The van der Waals surface area contributed by atoms with E-state index in [1.54, 1.807) is 29.6 Å². The summed E-state index contributed by atoms with van der Waals surface area (Å²) in [4.78, 5) is 29.8. The molecule has 0 saturated carbocycles. The van der Waals surface area contributed by atoms with Crippen LogP contribution in [0.25, 0.3) is 0 Å². The number of hydrogen-bond donors (Lipinski definition) is 0. The molecule has 1 amide bonds. The first-order chi connectivity index (χ1) is 15.2. The molecule has 160 valence electrons. The Balaban J connectivity index is 1.29. The van der Waals surface area contributed by atoms with Crippen molar-refractivity contribution in [1.29, 1.82) is 5.26 Å². The van der Waals surface area contributed by atoms with Gasteiger partial charge in [-0.15, -0.1) is 0 Å². The molecule has 2 aliphatic rings. The SMILES string of the molecule is N#C/C(=C/N1CCN(c2ncccn2)CC1)C(=O)N1CCN(Cc2ccccc2)CC1. The number of carbonyl (C=O) groups excluding carboxylic acids is 1. The fourth-order valence-electron chi connectivity index (χ4n) is 3.94. The van der Waals surface area contributed by atoms with Gasteiger partial charge in [-0.3, -0.25) is 9.69 Å². The number of anilines is 1. The van der Waals surface area contributed by atoms with Gasteiger partial charge in [0.2, 0.25) is 5.95 Å². The molecule has 0 bridgehead atoms. The van der Waals surface area contributed by atoms with E-state index >= 15 is 0 Å². The van der Waals surface area contributed by atoms with Crippen molar-refractivity contribution in [3.8, 4) is 6.07 Å². The summed E-state index contributed by atoms with van der Waals surface area (Å²) >= 11 is 0. The predicted molar refractivity (Wildman–Crippen MR) is 118 cm³/mol. The molecule has 0 unspecified atom stereocenters. The average Bonchev–Trinajstić information content (AvgIpc) is 2.84. The summed E-state index contributed by atoms with van der Waals surface area (Å²) in [6, 6.07) is 14.3. The fraction of sp³-hybridized carbons (Fsp3) is 0.391. The van der Waals surface area contributed by atoms with Crippen LogP contribution in [-0.4, -0.2) is 82.9 Å². The zero-order valence-electron chi connectivity index (χ0n) is 17.6. The second kappa shape index (κ2) is 10.0. The van der Waals surface area contributed by atoms with Crippen molar-refractivity contribution >= 4 is 11.9 Å². The molecule has 8 heteroatoms. The van der Waals surface area contributed by atoms with Gasteiger partial charge in [0, 0.05) is 77.5 Å². The van der Waals surface area contributed by atoms with E-state index in [4.69, 9.17) is 0 Å². The minimum Gasteiger partial charge on any atom is -0.373 e. The summed E-state index contributed by atoms with van der Waals surface area (Å²) < 4.78 is 0. The van der Waals surface area contributed by atoms with E-state index < -0.39 is 0 Å². The van der Waals surface area contributed by atoms with Gasteiger partial charge in [-0.05, 0) is 11.6 Å². The Morgan fingerprint density at radius 3 is 2.26 bits per heavy atom. The number of rotatable bonds is 5. The largest absolute Gasteiger partial charge is 0.373 e. The topological polar surface area (TPSA) is 79.6 Å². The van der Waals surface area contributed by atoms with E-state index in [1.165, 1.54) is 5.56 Å². The third-order valence-corrected chi connectivity index (χ3v) is 5.72. The molecule has 31 heavy (non-hydrogen) atoms. The first kappa shape index (κ1) is 20.8. The van der Waals surface area contributed by atoms with Gasteiger partial charge in [-0.1, -0.05) is 30.3 Å². The van der Waals surface area contributed by atoms with Gasteiger partial charge in [-0.25, -0.2) is 9.97 Å². The number of amides is 1. The number of carbonyl (C=O) groups is 1. The summed E-state index contributed by atoms with van der Waals surface area (Å²) in [5.41, 5.74) is 1.49. The molecule has 2 saturated heterocycles. The molecule has 8 nitrogen and oxygen atoms in total. The number of nitrogens with zero attached hydrogens (tertiary/aromatic N) is 7. The summed E-state index contributed by atoms with van der Waals surface area (Å²) in [7, 11) is 0. The summed E-state index contributed by atoms with van der Waals surface area (Å²) in [6.45, 7) is 6.76. The van der Waals surface area contributed by atoms with Gasteiger partial charge >= 0.3 is 0 Å². The molecule has 0 N–H and O–H groups in total. The molecule has 4 rings (SSSR count). The molecule has 0 atom stereocenters. The lowest BCUT2D eigenvalue weighted by atomic mass is 10.2. The zero-order valence-corrected chi connectivity index (χ0v) is 17.6. The Bertz CT molecular complexity index is 925. The third kappa shape index (κ3) is 5.38. The van der Waals surface area contributed by atoms with E-state index in [-0.39, 0.29) is 11.5 Å². The van der Waals surface area contributed by atoms with Crippen molar-refractivity contribution in [3.63, 3.8) is 0 Å². The van der Waals surface area contributed by atoms with Crippen LogP contribution < -0.4 is 4.90 Å². The van der Waals surface area contributed by atoms with Gasteiger partial charge in [0.05, 0.1) is 0 Å². The molecule has 2 fully saturated rings. The van der Waals surface area contributed by atoms with Crippen LogP contribution in [0.2, 0.25) is 0 Å². The lowest BCUT2D eigenvalue weighted by Crippen LogP contribution is -2.49. The smallest absolute Gasteiger partial charge is 0.266 e. The highest BCUT2D eigenvalue weighted by Gasteiger charge is 2.25. The van der Waals surface area contributed by atoms with E-state index in [0.29, 0.717) is 13.1 Å². The molecular weight excluding hydrogens is 390 g/mol. The Labute approximate surface area is 183 Å². The normalized spacial score (nSPS) is 18.0. The highest BCUT2D eigenvalue weighted by Crippen LogP contribution is 2.14. The summed E-state index contributed by atoms with van der Waals surface area (Å²) in [5.74, 6) is 0.548. The maximum absolute atomic E-state index is 12.9. The minimum atomic E-state index is -0.171. The molecule has 3 heterocycles. The monoisotopic (exact) mass is 417 g/mol. The molecule has 0 spiro atoms. The molecule has 0 radical (unpaired) electrons. The van der Waals surface area contributed by atoms with Crippen molar-refractivity contribution in [3.05, 3.63) is 66.1 Å². The number of piperazine rings is 2. The molecule has 0 aliphatic carbocycles. The minimum absolute atomic E-state index is 0.171. The van der Waals surface area contributed by atoms with E-state index in [9.17, 15) is 10.1 Å². The summed E-state index contributed by atoms with van der Waals surface area (Å²) in [5, 5.41) is 9.60. The van der Waals surface area contributed by atoms with Crippen molar-refractivity contribution in [1.82, 2.24) is 24.7 Å². The maximum Gasteiger partial charge on any atom is 0.266 e. The first-order valence-corrected chi connectivity index (χ1v) is 10.7. The highest BCUT2D eigenvalue weighted by molar-refractivity contribution is 5.97. The number of hydrogen-bond acceptors (Lipinski definition) is 7. The molecular formula is C23H27N7O. The van der Waals surface area contributed by atoms with Crippen molar-refractivity contribution in [2.75, 3.05) is 57.3 Å². The molecule has 1 aromatic heterocycles. The van der Waals surface area contributed by atoms with Gasteiger partial charge in [0.15, 0.2) is 0 Å². The number of aromatic nitrogens is 2. The predicted octanol–water partition coefficient (Wildman–Crippen LogP) is 1.35. The maximum atomic E-state index is 12.9. The van der Waals surface area contributed by atoms with Crippen molar-refractivity contribution < 1.29 is 4.79 Å². The number of nitriles is 1. The van der Waals surface area contributed by atoms with Crippen LogP contribution >= 0.6 is 0 Å². The Morgan fingerprint density at radius 1 is 0.935 bits per heavy atom. The van der Waals surface area contributed by atoms with E-state index in [1.807, 2.05) is 23.1 Å². The zero-order chi connectivity index (χ0) is 21.5. The van der Waals surface area contributed by atoms with Crippen molar-refractivity contribution in [2.24, 2.45) is 0 Å². The van der Waals surface area contributed by atoms with Crippen LogP contribution in [0.15, 0.2) is 60.6 Å². The summed E-state index contributed by atoms with van der Waals surface area (Å²) in [6.07, 6.45) is 5.20. The average molecular weight is 418 g/mol. The lowest BCUT2D eigenvalue weighted by Gasteiger charge is -2.36. The van der Waals surface area contributed by atoms with Gasteiger partial charge in [-0.2, -0.15) is 5.26 Å². The van der Waals surface area contributed by atoms with Crippen LogP contribution in [0, 0.1) is 11.3 Å². The second-order valence-corrected chi connectivity index (χ2v) is 7.78. The van der Waals surface area contributed by atoms with E-state index in [0.717, 1.165) is 51.8 Å². The van der Waals surface area contributed by atoms with Gasteiger partial charge in [0.1, 0.15) is 11.6 Å². The third-order valence-electron chi connectivity index (χ3n) is 5.72. The van der Waals surface area contributed by atoms with Crippen LogP contribution in [0.4, 0.5) is 5.95 Å². The quantitative estimate of drug-likeness (QED) is 0.537. The first-order valence-electron chi connectivity index (χ1n) is 10.7. The van der Waals surface area contributed by atoms with Gasteiger partial charge in [0.25, 0.3) is 5.91 Å². The standard InChI is InChI=1S/C23H27N7O/c24-17-21(19-28-11-15-30(16-12-28)23-25-7-4-8-26-23)22(31)29-13-9-27(10-14-29)18-20-5-2-1-3-6-20/h1-8,19H,9-16,18H2/b21-19-. The van der Waals surface area contributed by atoms with E-state index in [2.05, 4.69) is 38.0 Å². The highest BCUT2D eigenvalue weighted by atomic mass is 16.2. The Hall–Kier alpha value is -3.44. The van der Waals surface area contributed by atoms with Crippen LogP contribution in [-0.2, 0) is 11.3 Å². The van der Waals surface area contributed by atoms with Crippen LogP contribution in [0.3, 0.4) is 0 Å². The van der Waals surface area contributed by atoms with Crippen LogP contribution in [0.5, 0.6) is 0 Å². The van der Waals surface area contributed by atoms with Gasteiger partial charge < -0.3 is 14.7 Å². The van der Waals surface area contributed by atoms with Crippen molar-refractivity contribution in [2.45, 2.75) is 6.54 Å². The lowest BCUT2D eigenvalue weighted by molar-refractivity contribution is -0.128. The Morgan fingerprint density at radius 2 is 1.61 bits per heavy atom.